The van der Waals surface area contributed by atoms with Crippen LogP contribution in [0.25, 0.3) is 0 Å². The van der Waals surface area contributed by atoms with E-state index in [1.807, 2.05) is 26.8 Å². The Morgan fingerprint density at radius 1 is 1.15 bits per heavy atom. The topological polar surface area (TPSA) is 64.7 Å². The van der Waals surface area contributed by atoms with Gasteiger partial charge in [0.05, 0.1) is 23.6 Å². The molecule has 6 nitrogen and oxygen atoms in total. The van der Waals surface area contributed by atoms with E-state index in [1.54, 1.807) is 33.8 Å². The maximum Gasteiger partial charge on any atom is 0.226 e. The van der Waals surface area contributed by atoms with Crippen molar-refractivity contribution in [3.63, 3.8) is 0 Å². The number of hydrogen-bond donors (Lipinski definition) is 1. The molecule has 0 radical (unpaired) electrons. The van der Waals surface area contributed by atoms with Crippen LogP contribution in [0.15, 0.2) is 36.5 Å². The Balaban J connectivity index is 1.68. The molecule has 0 fully saturated rings. The van der Waals surface area contributed by atoms with Crippen LogP contribution in [-0.4, -0.2) is 25.5 Å². The second kappa shape index (κ2) is 7.51. The van der Waals surface area contributed by atoms with E-state index in [1.165, 1.54) is 6.07 Å². The number of nitrogens with zero attached hydrogens (tertiary/aromatic N) is 4. The zero-order valence-corrected chi connectivity index (χ0v) is 15.2. The quantitative estimate of drug-likeness (QED) is 0.738. The molecule has 0 aliphatic heterocycles. The van der Waals surface area contributed by atoms with E-state index < -0.39 is 0 Å². The third kappa shape index (κ3) is 3.82. The van der Waals surface area contributed by atoms with Gasteiger partial charge < -0.3 is 5.32 Å². The van der Waals surface area contributed by atoms with Gasteiger partial charge in [-0.25, -0.2) is 4.39 Å². The van der Waals surface area contributed by atoms with E-state index in [0.29, 0.717) is 36.5 Å². The number of nitrogens with one attached hydrogen (secondary N) is 1. The molecule has 7 heteroatoms. The molecule has 0 aliphatic rings. The van der Waals surface area contributed by atoms with Crippen molar-refractivity contribution < 1.29 is 9.18 Å². The molecule has 1 amide bonds. The average molecular weight is 355 g/mol. The van der Waals surface area contributed by atoms with Gasteiger partial charge in [-0.05, 0) is 32.9 Å². The van der Waals surface area contributed by atoms with Crippen LogP contribution in [0, 0.1) is 26.6 Å². The third-order valence-corrected chi connectivity index (χ3v) is 4.40. The van der Waals surface area contributed by atoms with E-state index in [2.05, 4.69) is 15.5 Å². The maximum atomic E-state index is 13.9. The monoisotopic (exact) mass is 355 g/mol. The first-order chi connectivity index (χ1) is 12.5. The zero-order valence-electron chi connectivity index (χ0n) is 15.2. The molecule has 3 rings (SSSR count). The number of carbonyl (C=O) groups is 1. The van der Waals surface area contributed by atoms with Gasteiger partial charge in [0.15, 0.2) is 0 Å². The number of carbonyl (C=O) groups excluding carboxylic acids is 1. The summed E-state index contributed by atoms with van der Waals surface area (Å²) in [6.07, 6.45) is 2.04. The summed E-state index contributed by atoms with van der Waals surface area (Å²) in [4.78, 5) is 12.3. The summed E-state index contributed by atoms with van der Waals surface area (Å²) < 4.78 is 17.4. The van der Waals surface area contributed by atoms with Gasteiger partial charge in [0.1, 0.15) is 5.82 Å². The van der Waals surface area contributed by atoms with Crippen LogP contribution in [0.5, 0.6) is 0 Å². The summed E-state index contributed by atoms with van der Waals surface area (Å²) in [5.41, 5.74) is 3.77. The van der Waals surface area contributed by atoms with Gasteiger partial charge in [0, 0.05) is 30.4 Å². The van der Waals surface area contributed by atoms with Crippen molar-refractivity contribution in [2.24, 2.45) is 0 Å². The molecule has 0 saturated heterocycles. The zero-order chi connectivity index (χ0) is 18.7. The van der Waals surface area contributed by atoms with E-state index >= 15 is 0 Å². The molecule has 2 aromatic heterocycles. The fourth-order valence-electron chi connectivity index (χ4n) is 2.86. The number of hydrogen-bond acceptors (Lipinski definition) is 3. The van der Waals surface area contributed by atoms with Crippen molar-refractivity contribution in [3.8, 4) is 0 Å². The van der Waals surface area contributed by atoms with Crippen molar-refractivity contribution in [1.82, 2.24) is 19.6 Å². The number of anilines is 1. The standard InChI is InChI=1S/C19H22FN5O/c1-13-8-10-21-24(13)11-9-18(26)22-19-14(2)23-25(15(19)3)12-16-6-4-5-7-17(16)20/h4-8,10H,9,11-12H2,1-3H3,(H,22,26). The Morgan fingerprint density at radius 2 is 1.92 bits per heavy atom. The van der Waals surface area contributed by atoms with Crippen LogP contribution in [0.1, 0.15) is 29.1 Å². The molecule has 0 bridgehead atoms. The Bertz CT molecular complexity index is 928. The molecule has 0 spiro atoms. The summed E-state index contributed by atoms with van der Waals surface area (Å²) in [7, 11) is 0. The van der Waals surface area contributed by atoms with Crippen molar-refractivity contribution in [2.45, 2.75) is 40.3 Å². The van der Waals surface area contributed by atoms with Crippen LogP contribution in [0.4, 0.5) is 10.1 Å². The third-order valence-electron chi connectivity index (χ3n) is 4.40. The highest BCUT2D eigenvalue weighted by molar-refractivity contribution is 5.91. The van der Waals surface area contributed by atoms with E-state index in [0.717, 1.165) is 11.4 Å². The smallest absolute Gasteiger partial charge is 0.226 e. The molecule has 26 heavy (non-hydrogen) atoms. The van der Waals surface area contributed by atoms with Gasteiger partial charge in [0.25, 0.3) is 0 Å². The van der Waals surface area contributed by atoms with Crippen LogP contribution in [-0.2, 0) is 17.9 Å². The minimum atomic E-state index is -0.264. The SMILES string of the molecule is Cc1nn(Cc2ccccc2F)c(C)c1NC(=O)CCn1nccc1C. The van der Waals surface area contributed by atoms with Crippen LogP contribution in [0.3, 0.4) is 0 Å². The van der Waals surface area contributed by atoms with E-state index in [4.69, 9.17) is 0 Å². The molecular weight excluding hydrogens is 333 g/mol. The summed E-state index contributed by atoms with van der Waals surface area (Å²) in [6.45, 7) is 6.49. The average Bonchev–Trinajstić information content (AvgIpc) is 3.13. The van der Waals surface area contributed by atoms with Gasteiger partial charge in [-0.3, -0.25) is 14.2 Å². The minimum absolute atomic E-state index is 0.100. The van der Waals surface area contributed by atoms with E-state index in [-0.39, 0.29) is 11.7 Å². The number of aryl methyl sites for hydroxylation is 3. The molecular formula is C19H22FN5O. The molecule has 1 N–H and O–H groups in total. The lowest BCUT2D eigenvalue weighted by Gasteiger charge is -2.08. The van der Waals surface area contributed by atoms with Crippen LogP contribution >= 0.6 is 0 Å². The summed E-state index contributed by atoms with van der Waals surface area (Å²) in [6, 6.07) is 8.52. The summed E-state index contributed by atoms with van der Waals surface area (Å²) in [5.74, 6) is -0.364. The Labute approximate surface area is 151 Å². The second-order valence-electron chi connectivity index (χ2n) is 6.29. The second-order valence-corrected chi connectivity index (χ2v) is 6.29. The molecule has 1 aromatic carbocycles. The van der Waals surface area contributed by atoms with Crippen LogP contribution in [0.2, 0.25) is 0 Å². The number of benzene rings is 1. The molecule has 0 atom stereocenters. The lowest BCUT2D eigenvalue weighted by molar-refractivity contribution is -0.116. The predicted octanol–water partition coefficient (Wildman–Crippen LogP) is 3.22. The van der Waals surface area contributed by atoms with Crippen molar-refractivity contribution >= 4 is 11.6 Å². The van der Waals surface area contributed by atoms with Gasteiger partial charge in [-0.2, -0.15) is 10.2 Å². The van der Waals surface area contributed by atoms with Gasteiger partial charge in [-0.15, -0.1) is 0 Å². The van der Waals surface area contributed by atoms with Crippen molar-refractivity contribution in [3.05, 3.63) is 65.0 Å². The normalized spacial score (nSPS) is 10.9. The Hall–Kier alpha value is -2.96. The lowest BCUT2D eigenvalue weighted by atomic mass is 10.2. The van der Waals surface area contributed by atoms with Gasteiger partial charge in [0.2, 0.25) is 5.91 Å². The molecule has 0 aliphatic carbocycles. The molecule has 3 aromatic rings. The molecule has 0 saturated carbocycles. The van der Waals surface area contributed by atoms with Crippen molar-refractivity contribution in [2.75, 3.05) is 5.32 Å². The first kappa shape index (κ1) is 17.8. The van der Waals surface area contributed by atoms with E-state index in [9.17, 15) is 9.18 Å². The summed E-state index contributed by atoms with van der Waals surface area (Å²) >= 11 is 0. The highest BCUT2D eigenvalue weighted by atomic mass is 19.1. The summed E-state index contributed by atoms with van der Waals surface area (Å²) in [5, 5.41) is 11.5. The van der Waals surface area contributed by atoms with Crippen molar-refractivity contribution in [1.29, 1.82) is 0 Å². The van der Waals surface area contributed by atoms with Gasteiger partial charge >= 0.3 is 0 Å². The fraction of sp³-hybridized carbons (Fsp3) is 0.316. The highest BCUT2D eigenvalue weighted by Gasteiger charge is 2.15. The molecule has 0 unspecified atom stereocenters. The first-order valence-corrected chi connectivity index (χ1v) is 8.51. The minimum Gasteiger partial charge on any atom is -0.323 e. The Morgan fingerprint density at radius 3 is 2.62 bits per heavy atom. The molecule has 136 valence electrons. The molecule has 2 heterocycles. The number of amides is 1. The highest BCUT2D eigenvalue weighted by Crippen LogP contribution is 2.21. The Kier molecular flexibility index (Phi) is 5.16. The van der Waals surface area contributed by atoms with Crippen LogP contribution < -0.4 is 5.32 Å². The maximum absolute atomic E-state index is 13.9. The predicted molar refractivity (Wildman–Crippen MR) is 97.4 cm³/mol. The number of rotatable bonds is 6. The fourth-order valence-corrected chi connectivity index (χ4v) is 2.86. The number of halogens is 1. The largest absolute Gasteiger partial charge is 0.323 e. The first-order valence-electron chi connectivity index (χ1n) is 8.51. The number of aromatic nitrogens is 4. The van der Waals surface area contributed by atoms with Gasteiger partial charge in [-0.1, -0.05) is 18.2 Å². The lowest BCUT2D eigenvalue weighted by Crippen LogP contribution is -2.16.